The van der Waals surface area contributed by atoms with Crippen LogP contribution >= 0.6 is 0 Å². The van der Waals surface area contributed by atoms with Gasteiger partial charge in [-0.05, 0) is 40.2 Å². The Hall–Kier alpha value is -3.13. The first-order valence-corrected chi connectivity index (χ1v) is 11.9. The summed E-state index contributed by atoms with van der Waals surface area (Å²) in [7, 11) is 0. The molecule has 0 unspecified atom stereocenters. The Kier molecular flexibility index (Phi) is 6.05. The number of hydrogen-bond donors (Lipinski definition) is 0. The summed E-state index contributed by atoms with van der Waals surface area (Å²) in [6.45, 7) is 16.2. The molecule has 170 valence electrons. The van der Waals surface area contributed by atoms with E-state index in [1.165, 1.54) is 28.1 Å². The van der Waals surface area contributed by atoms with Gasteiger partial charge in [-0.15, -0.1) is 0 Å². The second-order valence-electron chi connectivity index (χ2n) is 10.8. The van der Waals surface area contributed by atoms with E-state index < -0.39 is 0 Å². The number of rotatable bonds is 5. The van der Waals surface area contributed by atoms with Crippen LogP contribution in [0, 0.1) is 5.41 Å². The average molecular weight is 437 g/mol. The molecule has 3 aromatic carbocycles. The van der Waals surface area contributed by atoms with Crippen molar-refractivity contribution in [1.82, 2.24) is 9.55 Å². The monoisotopic (exact) mass is 436 g/mol. The molecule has 4 aromatic rings. The van der Waals surface area contributed by atoms with Crippen LogP contribution in [0.25, 0.3) is 28.2 Å². The van der Waals surface area contributed by atoms with Gasteiger partial charge in [0.05, 0.1) is 5.69 Å². The molecule has 0 aliphatic heterocycles. The topological polar surface area (TPSA) is 17.8 Å². The predicted octanol–water partition coefficient (Wildman–Crippen LogP) is 8.65. The zero-order valence-electron chi connectivity index (χ0n) is 21.1. The van der Waals surface area contributed by atoms with Crippen molar-refractivity contribution in [1.29, 1.82) is 0 Å². The zero-order valence-corrected chi connectivity index (χ0v) is 21.1. The Balaban J connectivity index is 2.00. The maximum atomic E-state index is 4.99. The highest BCUT2D eigenvalue weighted by Gasteiger charge is 2.38. The summed E-state index contributed by atoms with van der Waals surface area (Å²) in [5.74, 6) is 1.37. The fourth-order valence-electron chi connectivity index (χ4n) is 4.24. The van der Waals surface area contributed by atoms with E-state index in [-0.39, 0.29) is 10.8 Å². The van der Waals surface area contributed by atoms with Gasteiger partial charge in [0.2, 0.25) is 0 Å². The molecule has 0 aliphatic rings. The Morgan fingerprint density at radius 3 is 1.82 bits per heavy atom. The van der Waals surface area contributed by atoms with Crippen molar-refractivity contribution in [2.75, 3.05) is 0 Å². The van der Waals surface area contributed by atoms with Gasteiger partial charge < -0.3 is 0 Å². The van der Waals surface area contributed by atoms with Crippen molar-refractivity contribution in [3.63, 3.8) is 0 Å². The molecule has 0 atom stereocenters. The van der Waals surface area contributed by atoms with Crippen molar-refractivity contribution >= 4 is 0 Å². The first-order chi connectivity index (χ1) is 15.6. The minimum Gasteiger partial charge on any atom is -0.296 e. The van der Waals surface area contributed by atoms with Crippen LogP contribution in [0.1, 0.15) is 65.6 Å². The first-order valence-electron chi connectivity index (χ1n) is 11.9. The molecule has 0 saturated carbocycles. The van der Waals surface area contributed by atoms with Gasteiger partial charge in [0.1, 0.15) is 5.82 Å². The van der Waals surface area contributed by atoms with Crippen LogP contribution in [0.4, 0.5) is 0 Å². The Bertz CT molecular complexity index is 1220. The van der Waals surface area contributed by atoms with Crippen LogP contribution in [0.5, 0.6) is 0 Å². The van der Waals surface area contributed by atoms with E-state index in [1.54, 1.807) is 0 Å². The lowest BCUT2D eigenvalue weighted by molar-refractivity contribution is 0.217. The molecule has 4 rings (SSSR count). The van der Waals surface area contributed by atoms with Crippen molar-refractivity contribution in [3.05, 3.63) is 96.3 Å². The fourth-order valence-corrected chi connectivity index (χ4v) is 4.24. The summed E-state index contributed by atoms with van der Waals surface area (Å²) < 4.78 is 2.41. The third-order valence-electron chi connectivity index (χ3n) is 7.31. The molecule has 0 spiro atoms. The van der Waals surface area contributed by atoms with Crippen molar-refractivity contribution in [2.24, 2.45) is 5.41 Å². The maximum absolute atomic E-state index is 4.99. The molecule has 0 N–H and O–H groups in total. The SMILES string of the molecule is CC(C)c1cc(-c2ccccc2)ccc1-n1c(C(C)(C)C(C)(C)C)cnc1-c1ccccc1. The lowest BCUT2D eigenvalue weighted by Crippen LogP contribution is -2.36. The van der Waals surface area contributed by atoms with Crippen molar-refractivity contribution in [2.45, 2.75) is 59.8 Å². The largest absolute Gasteiger partial charge is 0.296 e. The van der Waals surface area contributed by atoms with E-state index in [1.807, 2.05) is 0 Å². The minimum atomic E-state index is -0.0839. The van der Waals surface area contributed by atoms with Gasteiger partial charge >= 0.3 is 0 Å². The van der Waals surface area contributed by atoms with E-state index in [9.17, 15) is 0 Å². The quantitative estimate of drug-likeness (QED) is 0.306. The summed E-state index contributed by atoms with van der Waals surface area (Å²) in [4.78, 5) is 4.99. The molecule has 0 bridgehead atoms. The van der Waals surface area contributed by atoms with Gasteiger partial charge in [0.15, 0.2) is 0 Å². The first kappa shape index (κ1) is 23.0. The van der Waals surface area contributed by atoms with Gasteiger partial charge in [0, 0.05) is 22.9 Å². The van der Waals surface area contributed by atoms with Crippen LogP contribution < -0.4 is 0 Å². The van der Waals surface area contributed by atoms with E-state index in [4.69, 9.17) is 4.98 Å². The number of imidazole rings is 1. The molecule has 0 amide bonds. The molecule has 1 aromatic heterocycles. The molecule has 0 aliphatic carbocycles. The molecule has 33 heavy (non-hydrogen) atoms. The summed E-state index contributed by atoms with van der Waals surface area (Å²) in [5, 5.41) is 0. The number of hydrogen-bond acceptors (Lipinski definition) is 1. The molecule has 0 fully saturated rings. The third-order valence-corrected chi connectivity index (χ3v) is 7.31. The summed E-state index contributed by atoms with van der Waals surface area (Å²) in [6, 6.07) is 28.1. The highest BCUT2D eigenvalue weighted by molar-refractivity contribution is 5.69. The van der Waals surface area contributed by atoms with Crippen LogP contribution in [0.2, 0.25) is 0 Å². The van der Waals surface area contributed by atoms with Gasteiger partial charge in [-0.2, -0.15) is 0 Å². The summed E-state index contributed by atoms with van der Waals surface area (Å²) in [5.41, 5.74) is 7.40. The molecular formula is C31H36N2. The highest BCUT2D eigenvalue weighted by atomic mass is 15.1. The highest BCUT2D eigenvalue weighted by Crippen LogP contribution is 2.44. The number of benzene rings is 3. The van der Waals surface area contributed by atoms with Crippen molar-refractivity contribution in [3.8, 4) is 28.2 Å². The van der Waals surface area contributed by atoms with Crippen LogP contribution in [-0.4, -0.2) is 9.55 Å². The van der Waals surface area contributed by atoms with Gasteiger partial charge in [-0.1, -0.05) is 115 Å². The molecule has 2 nitrogen and oxygen atoms in total. The summed E-state index contributed by atoms with van der Waals surface area (Å²) >= 11 is 0. The lowest BCUT2D eigenvalue weighted by Gasteiger charge is -2.39. The second-order valence-corrected chi connectivity index (χ2v) is 10.8. The normalized spacial score (nSPS) is 12.4. The predicted molar refractivity (Wildman–Crippen MR) is 141 cm³/mol. The van der Waals surface area contributed by atoms with E-state index in [0.29, 0.717) is 5.92 Å². The van der Waals surface area contributed by atoms with Crippen LogP contribution in [-0.2, 0) is 5.41 Å². The summed E-state index contributed by atoms with van der Waals surface area (Å²) in [6.07, 6.45) is 2.09. The maximum Gasteiger partial charge on any atom is 0.144 e. The standard InChI is InChI=1S/C31H36N2/c1-22(2)26-20-25(23-14-10-8-11-15-23)18-19-27(26)33-28(31(6,7)30(3,4)5)21-32-29(33)24-16-12-9-13-17-24/h8-22H,1-7H3. The smallest absolute Gasteiger partial charge is 0.144 e. The molecule has 1 heterocycles. The van der Waals surface area contributed by atoms with Gasteiger partial charge in [-0.25, -0.2) is 4.98 Å². The zero-order chi connectivity index (χ0) is 23.8. The Morgan fingerprint density at radius 2 is 1.27 bits per heavy atom. The van der Waals surface area contributed by atoms with Gasteiger partial charge in [0.25, 0.3) is 0 Å². The Labute approximate surface area is 199 Å². The van der Waals surface area contributed by atoms with E-state index >= 15 is 0 Å². The van der Waals surface area contributed by atoms with E-state index in [0.717, 1.165) is 11.4 Å². The average Bonchev–Trinajstić information content (AvgIpc) is 3.25. The van der Waals surface area contributed by atoms with Gasteiger partial charge in [-0.3, -0.25) is 4.57 Å². The number of aromatic nitrogens is 2. The number of nitrogens with zero attached hydrogens (tertiary/aromatic N) is 2. The molecule has 2 heteroatoms. The van der Waals surface area contributed by atoms with Crippen molar-refractivity contribution < 1.29 is 0 Å². The molecule has 0 saturated heterocycles. The van der Waals surface area contributed by atoms with E-state index in [2.05, 4.69) is 138 Å². The second kappa shape index (κ2) is 8.67. The molecule has 0 radical (unpaired) electrons. The van der Waals surface area contributed by atoms with Crippen LogP contribution in [0.3, 0.4) is 0 Å². The minimum absolute atomic E-state index is 0.0702. The third kappa shape index (κ3) is 4.27. The Morgan fingerprint density at radius 1 is 0.697 bits per heavy atom. The fraction of sp³-hybridized carbons (Fsp3) is 0.323. The lowest BCUT2D eigenvalue weighted by atomic mass is 9.67. The van der Waals surface area contributed by atoms with Crippen LogP contribution in [0.15, 0.2) is 85.1 Å². The molecular weight excluding hydrogens is 400 g/mol.